The lowest BCUT2D eigenvalue weighted by Crippen LogP contribution is -2.40. The van der Waals surface area contributed by atoms with E-state index < -0.39 is 5.97 Å². The van der Waals surface area contributed by atoms with E-state index >= 15 is 0 Å². The fourth-order valence-electron chi connectivity index (χ4n) is 2.49. The average molecular weight is 278 g/mol. The van der Waals surface area contributed by atoms with E-state index in [1.807, 2.05) is 32.3 Å². The summed E-state index contributed by atoms with van der Waals surface area (Å²) in [4.78, 5) is 15.3. The lowest BCUT2D eigenvalue weighted by atomic mass is 9.94. The standard InChI is InChI=1S/C16H26N2O2/c1-13(2)16(14-8-6-5-7-9-14)18(12-15(19)20)11-10-17(3)4/h5-9,13,16H,10-12H2,1-4H3,(H,19,20). The summed E-state index contributed by atoms with van der Waals surface area (Å²) in [7, 11) is 4.01. The van der Waals surface area contributed by atoms with Crippen LogP contribution in [0.25, 0.3) is 0 Å². The van der Waals surface area contributed by atoms with E-state index in [1.165, 1.54) is 5.56 Å². The summed E-state index contributed by atoms with van der Waals surface area (Å²) in [6, 6.07) is 10.3. The third-order valence-electron chi connectivity index (χ3n) is 3.34. The largest absolute Gasteiger partial charge is 0.480 e. The van der Waals surface area contributed by atoms with Gasteiger partial charge in [0.15, 0.2) is 0 Å². The Bertz CT molecular complexity index is 404. The van der Waals surface area contributed by atoms with Crippen molar-refractivity contribution in [1.82, 2.24) is 9.80 Å². The Hall–Kier alpha value is -1.39. The summed E-state index contributed by atoms with van der Waals surface area (Å²) in [6.45, 7) is 5.95. The maximum absolute atomic E-state index is 11.2. The third kappa shape index (κ3) is 5.31. The van der Waals surface area contributed by atoms with Crippen molar-refractivity contribution in [3.05, 3.63) is 35.9 Å². The maximum Gasteiger partial charge on any atom is 0.317 e. The molecule has 112 valence electrons. The average Bonchev–Trinajstić information content (AvgIpc) is 2.36. The number of likely N-dealkylation sites (N-methyl/N-ethyl adjacent to an activating group) is 1. The van der Waals surface area contributed by atoms with E-state index in [0.717, 1.165) is 13.1 Å². The Labute approximate surface area is 122 Å². The minimum atomic E-state index is -0.773. The summed E-state index contributed by atoms with van der Waals surface area (Å²) >= 11 is 0. The van der Waals surface area contributed by atoms with E-state index in [0.29, 0.717) is 5.92 Å². The molecule has 0 heterocycles. The maximum atomic E-state index is 11.2. The molecule has 1 unspecified atom stereocenters. The molecule has 0 aliphatic heterocycles. The second kappa shape index (κ2) is 8.02. The summed E-state index contributed by atoms with van der Waals surface area (Å²) < 4.78 is 0. The molecule has 0 aliphatic rings. The van der Waals surface area contributed by atoms with Gasteiger partial charge in [-0.05, 0) is 25.6 Å². The number of nitrogens with zero attached hydrogens (tertiary/aromatic N) is 2. The molecule has 0 aromatic heterocycles. The zero-order valence-electron chi connectivity index (χ0n) is 12.9. The molecule has 1 aromatic rings. The monoisotopic (exact) mass is 278 g/mol. The predicted octanol–water partition coefficient (Wildman–Crippen LogP) is 2.33. The molecule has 0 amide bonds. The van der Waals surface area contributed by atoms with Crippen molar-refractivity contribution in [3.8, 4) is 0 Å². The molecule has 4 heteroatoms. The Morgan fingerprint density at radius 1 is 1.15 bits per heavy atom. The van der Waals surface area contributed by atoms with E-state index in [2.05, 4.69) is 35.8 Å². The van der Waals surface area contributed by atoms with Gasteiger partial charge in [0.1, 0.15) is 0 Å². The highest BCUT2D eigenvalue weighted by Gasteiger charge is 2.25. The fraction of sp³-hybridized carbons (Fsp3) is 0.562. The number of hydrogen-bond acceptors (Lipinski definition) is 3. The summed E-state index contributed by atoms with van der Waals surface area (Å²) in [5.74, 6) is -0.413. The number of carboxylic acids is 1. The van der Waals surface area contributed by atoms with Crippen LogP contribution in [0.2, 0.25) is 0 Å². The number of rotatable bonds is 8. The molecule has 0 radical (unpaired) electrons. The van der Waals surface area contributed by atoms with Crippen molar-refractivity contribution >= 4 is 5.97 Å². The topological polar surface area (TPSA) is 43.8 Å². The molecular weight excluding hydrogens is 252 g/mol. The number of carboxylic acid groups (broad SMARTS) is 1. The van der Waals surface area contributed by atoms with Gasteiger partial charge in [-0.15, -0.1) is 0 Å². The smallest absolute Gasteiger partial charge is 0.317 e. The van der Waals surface area contributed by atoms with E-state index in [4.69, 9.17) is 0 Å². The van der Waals surface area contributed by atoms with Crippen LogP contribution >= 0.6 is 0 Å². The van der Waals surface area contributed by atoms with Gasteiger partial charge in [0.05, 0.1) is 6.54 Å². The summed E-state index contributed by atoms with van der Waals surface area (Å²) in [6.07, 6.45) is 0. The molecule has 20 heavy (non-hydrogen) atoms. The van der Waals surface area contributed by atoms with Gasteiger partial charge in [0.25, 0.3) is 0 Å². The van der Waals surface area contributed by atoms with Crippen LogP contribution in [0.4, 0.5) is 0 Å². The Kier molecular flexibility index (Phi) is 6.68. The van der Waals surface area contributed by atoms with Gasteiger partial charge in [0, 0.05) is 19.1 Å². The highest BCUT2D eigenvalue weighted by Crippen LogP contribution is 2.28. The van der Waals surface area contributed by atoms with Crippen molar-refractivity contribution in [2.75, 3.05) is 33.7 Å². The molecule has 0 spiro atoms. The van der Waals surface area contributed by atoms with Crippen LogP contribution in [-0.2, 0) is 4.79 Å². The van der Waals surface area contributed by atoms with E-state index in [9.17, 15) is 9.90 Å². The minimum absolute atomic E-state index is 0.0750. The van der Waals surface area contributed by atoms with Crippen LogP contribution in [0.15, 0.2) is 30.3 Å². The number of hydrogen-bond donors (Lipinski definition) is 1. The van der Waals surface area contributed by atoms with Crippen LogP contribution < -0.4 is 0 Å². The first-order valence-electron chi connectivity index (χ1n) is 7.07. The van der Waals surface area contributed by atoms with Crippen LogP contribution in [-0.4, -0.2) is 54.6 Å². The van der Waals surface area contributed by atoms with E-state index in [-0.39, 0.29) is 12.6 Å². The highest BCUT2D eigenvalue weighted by atomic mass is 16.4. The first-order valence-corrected chi connectivity index (χ1v) is 7.07. The van der Waals surface area contributed by atoms with Crippen molar-refractivity contribution < 1.29 is 9.90 Å². The Balaban J connectivity index is 2.95. The summed E-state index contributed by atoms with van der Waals surface area (Å²) in [5.41, 5.74) is 1.18. The molecule has 1 aromatic carbocycles. The fourth-order valence-corrected chi connectivity index (χ4v) is 2.49. The summed E-state index contributed by atoms with van der Waals surface area (Å²) in [5, 5.41) is 9.17. The highest BCUT2D eigenvalue weighted by molar-refractivity contribution is 5.69. The molecule has 0 saturated carbocycles. The van der Waals surface area contributed by atoms with Gasteiger partial charge in [-0.1, -0.05) is 44.2 Å². The van der Waals surface area contributed by atoms with Gasteiger partial charge in [0.2, 0.25) is 0 Å². The molecule has 0 fully saturated rings. The molecule has 0 bridgehead atoms. The van der Waals surface area contributed by atoms with Crippen molar-refractivity contribution in [2.45, 2.75) is 19.9 Å². The Morgan fingerprint density at radius 3 is 2.20 bits per heavy atom. The SMILES string of the molecule is CC(C)C(c1ccccc1)N(CCN(C)C)CC(=O)O. The van der Waals surface area contributed by atoms with Crippen LogP contribution in [0, 0.1) is 5.92 Å². The first kappa shape index (κ1) is 16.7. The first-order chi connectivity index (χ1) is 9.41. The third-order valence-corrected chi connectivity index (χ3v) is 3.34. The lowest BCUT2D eigenvalue weighted by molar-refractivity contribution is -0.139. The molecular formula is C16H26N2O2. The van der Waals surface area contributed by atoms with Gasteiger partial charge >= 0.3 is 5.97 Å². The van der Waals surface area contributed by atoms with Gasteiger partial charge in [-0.25, -0.2) is 0 Å². The lowest BCUT2D eigenvalue weighted by Gasteiger charge is -2.34. The van der Waals surface area contributed by atoms with Crippen LogP contribution in [0.3, 0.4) is 0 Å². The molecule has 4 nitrogen and oxygen atoms in total. The number of benzene rings is 1. The van der Waals surface area contributed by atoms with Crippen LogP contribution in [0.1, 0.15) is 25.5 Å². The minimum Gasteiger partial charge on any atom is -0.480 e. The van der Waals surface area contributed by atoms with Crippen LogP contribution in [0.5, 0.6) is 0 Å². The molecule has 0 aliphatic carbocycles. The van der Waals surface area contributed by atoms with Crippen molar-refractivity contribution in [3.63, 3.8) is 0 Å². The Morgan fingerprint density at radius 2 is 1.75 bits per heavy atom. The van der Waals surface area contributed by atoms with E-state index in [1.54, 1.807) is 0 Å². The van der Waals surface area contributed by atoms with Gasteiger partial charge in [-0.2, -0.15) is 0 Å². The second-order valence-corrected chi connectivity index (χ2v) is 5.77. The zero-order chi connectivity index (χ0) is 15.1. The van der Waals surface area contributed by atoms with Gasteiger partial charge in [-0.3, -0.25) is 9.69 Å². The quantitative estimate of drug-likeness (QED) is 0.792. The molecule has 0 saturated heterocycles. The van der Waals surface area contributed by atoms with Crippen molar-refractivity contribution in [1.29, 1.82) is 0 Å². The molecule has 1 rings (SSSR count). The molecule has 1 atom stereocenters. The zero-order valence-corrected chi connectivity index (χ0v) is 12.9. The normalized spacial score (nSPS) is 13.2. The second-order valence-electron chi connectivity index (χ2n) is 5.77. The number of carbonyl (C=O) groups is 1. The van der Waals surface area contributed by atoms with Crippen molar-refractivity contribution in [2.24, 2.45) is 5.92 Å². The van der Waals surface area contributed by atoms with Gasteiger partial charge < -0.3 is 10.0 Å². The predicted molar refractivity (Wildman–Crippen MR) is 81.8 cm³/mol. The number of aliphatic carboxylic acids is 1. The molecule has 1 N–H and O–H groups in total.